The van der Waals surface area contributed by atoms with Crippen molar-refractivity contribution in [2.75, 3.05) is 5.32 Å². The minimum Gasteiger partial charge on any atom is -0.351 e. The lowest BCUT2D eigenvalue weighted by molar-refractivity contribution is -0.384. The third kappa shape index (κ3) is 3.81. The van der Waals surface area contributed by atoms with Gasteiger partial charge in [-0.15, -0.1) is 0 Å². The molecule has 7 nitrogen and oxygen atoms in total. The first-order chi connectivity index (χ1) is 13.3. The van der Waals surface area contributed by atoms with Crippen molar-refractivity contribution in [1.82, 2.24) is 10.6 Å². The molecule has 0 saturated carbocycles. The highest BCUT2D eigenvalue weighted by Crippen LogP contribution is 2.31. The number of allylic oxidation sites excluding steroid dienone is 1. The number of nitrogens with zero attached hydrogens (tertiary/aromatic N) is 1. The van der Waals surface area contributed by atoms with E-state index in [-0.39, 0.29) is 27.6 Å². The zero-order chi connectivity index (χ0) is 20.4. The molecule has 3 rings (SSSR count). The van der Waals surface area contributed by atoms with E-state index in [0.29, 0.717) is 5.70 Å². The number of carbonyl (C=O) groups excluding carboxylic acids is 1. The van der Waals surface area contributed by atoms with Crippen LogP contribution in [-0.2, 0) is 4.79 Å². The fourth-order valence-electron chi connectivity index (χ4n) is 2.86. The van der Waals surface area contributed by atoms with Crippen LogP contribution in [0, 0.1) is 21.7 Å². The molecule has 28 heavy (non-hydrogen) atoms. The molecule has 0 saturated heterocycles. The van der Waals surface area contributed by atoms with Crippen LogP contribution in [0.15, 0.2) is 53.7 Å². The van der Waals surface area contributed by atoms with Crippen molar-refractivity contribution >= 4 is 34.6 Å². The molecule has 0 bridgehead atoms. The fraction of sp³-hybridized carbons (Fsp3) is 0.111. The van der Waals surface area contributed by atoms with Gasteiger partial charge in [0.25, 0.3) is 11.6 Å². The average Bonchev–Trinajstić information content (AvgIpc) is 2.61. The Labute approximate surface area is 163 Å². The van der Waals surface area contributed by atoms with Gasteiger partial charge in [0.2, 0.25) is 0 Å². The lowest BCUT2D eigenvalue weighted by Crippen LogP contribution is -2.46. The summed E-state index contributed by atoms with van der Waals surface area (Å²) in [4.78, 5) is 23.0. The molecule has 2 aromatic carbocycles. The molecule has 2 aromatic rings. The first kappa shape index (κ1) is 19.4. The highest BCUT2D eigenvalue weighted by Gasteiger charge is 2.33. The van der Waals surface area contributed by atoms with Crippen LogP contribution in [0.3, 0.4) is 0 Å². The zero-order valence-electron chi connectivity index (χ0n) is 14.5. The number of nitro groups is 1. The lowest BCUT2D eigenvalue weighted by Gasteiger charge is -2.30. The molecule has 0 fully saturated rings. The quantitative estimate of drug-likeness (QED) is 0.411. The molecule has 0 aliphatic carbocycles. The van der Waals surface area contributed by atoms with Crippen LogP contribution in [0.4, 0.5) is 20.2 Å². The van der Waals surface area contributed by atoms with Gasteiger partial charge in [0.1, 0.15) is 11.6 Å². The summed E-state index contributed by atoms with van der Waals surface area (Å²) in [6.07, 6.45) is 0. The number of anilines is 1. The summed E-state index contributed by atoms with van der Waals surface area (Å²) in [7, 11) is 0. The fourth-order valence-corrected chi connectivity index (χ4v) is 3.13. The molecule has 0 radical (unpaired) electrons. The standard InChI is InChI=1S/C18H14F2N4O3S/c1-9-14(17(25)22-10-5-7-11(8-6-10)24(26)27)16(23-18(28)21-9)15-12(19)3-2-4-13(15)20/h2-8,16H,1H3,(H,22,25)(H2,21,23,28). The summed E-state index contributed by atoms with van der Waals surface area (Å²) in [5, 5.41) is 18.9. The maximum Gasteiger partial charge on any atom is 0.269 e. The third-order valence-electron chi connectivity index (χ3n) is 4.14. The van der Waals surface area contributed by atoms with Crippen LogP contribution in [0.25, 0.3) is 0 Å². The van der Waals surface area contributed by atoms with Crippen LogP contribution in [-0.4, -0.2) is 15.9 Å². The first-order valence-corrected chi connectivity index (χ1v) is 8.46. The van der Waals surface area contributed by atoms with E-state index in [1.165, 1.54) is 30.3 Å². The number of hydrogen-bond acceptors (Lipinski definition) is 4. The Morgan fingerprint density at radius 2 is 1.79 bits per heavy atom. The Hall–Kier alpha value is -3.40. The highest BCUT2D eigenvalue weighted by atomic mass is 32.1. The Morgan fingerprint density at radius 1 is 1.18 bits per heavy atom. The average molecular weight is 404 g/mol. The van der Waals surface area contributed by atoms with E-state index >= 15 is 0 Å². The molecule has 10 heteroatoms. The van der Waals surface area contributed by atoms with Crippen molar-refractivity contribution in [3.05, 3.63) is 81.0 Å². The SMILES string of the molecule is CC1=C(C(=O)Nc2ccc([N+](=O)[O-])cc2)C(c2c(F)cccc2F)NC(=S)N1. The molecule has 1 amide bonds. The molecule has 1 atom stereocenters. The molecule has 3 N–H and O–H groups in total. The summed E-state index contributed by atoms with van der Waals surface area (Å²) in [5.74, 6) is -2.28. The van der Waals surface area contributed by atoms with E-state index in [2.05, 4.69) is 16.0 Å². The predicted octanol–water partition coefficient (Wildman–Crippen LogP) is 3.30. The molecular weight excluding hydrogens is 390 g/mol. The van der Waals surface area contributed by atoms with Gasteiger partial charge >= 0.3 is 0 Å². The van der Waals surface area contributed by atoms with Crippen LogP contribution < -0.4 is 16.0 Å². The molecule has 144 valence electrons. The van der Waals surface area contributed by atoms with Gasteiger partial charge in [-0.1, -0.05) is 6.07 Å². The van der Waals surface area contributed by atoms with E-state index in [9.17, 15) is 23.7 Å². The van der Waals surface area contributed by atoms with Gasteiger partial charge < -0.3 is 16.0 Å². The smallest absolute Gasteiger partial charge is 0.269 e. The normalized spacial score (nSPS) is 16.2. The van der Waals surface area contributed by atoms with Crippen LogP contribution in [0.5, 0.6) is 0 Å². The number of rotatable bonds is 4. The summed E-state index contributed by atoms with van der Waals surface area (Å²) in [6.45, 7) is 1.56. The van der Waals surface area contributed by atoms with Gasteiger partial charge in [0, 0.05) is 23.5 Å². The summed E-state index contributed by atoms with van der Waals surface area (Å²) < 4.78 is 28.6. The number of hydrogen-bond donors (Lipinski definition) is 3. The van der Waals surface area contributed by atoms with Gasteiger partial charge in [-0.05, 0) is 43.4 Å². The number of benzene rings is 2. The Morgan fingerprint density at radius 3 is 2.36 bits per heavy atom. The van der Waals surface area contributed by atoms with E-state index in [1.54, 1.807) is 6.92 Å². The Balaban J connectivity index is 1.96. The second-order valence-electron chi connectivity index (χ2n) is 5.96. The minimum atomic E-state index is -1.15. The number of nitrogens with one attached hydrogen (secondary N) is 3. The summed E-state index contributed by atoms with van der Waals surface area (Å²) in [6, 6.07) is 7.44. The van der Waals surface area contributed by atoms with Crippen LogP contribution in [0.1, 0.15) is 18.5 Å². The molecule has 1 aliphatic heterocycles. The Kier molecular flexibility index (Phi) is 5.32. The number of thiocarbonyl (C=S) groups is 1. The number of halogens is 2. The molecule has 1 aliphatic rings. The van der Waals surface area contributed by atoms with Crippen molar-refractivity contribution in [3.63, 3.8) is 0 Å². The molecule has 0 spiro atoms. The van der Waals surface area contributed by atoms with Crippen molar-refractivity contribution in [2.45, 2.75) is 13.0 Å². The van der Waals surface area contributed by atoms with E-state index in [4.69, 9.17) is 12.2 Å². The number of carbonyl (C=O) groups is 1. The number of non-ortho nitro benzene ring substituents is 1. The van der Waals surface area contributed by atoms with Gasteiger partial charge in [0.05, 0.1) is 22.1 Å². The van der Waals surface area contributed by atoms with Gasteiger partial charge in [-0.3, -0.25) is 14.9 Å². The maximum atomic E-state index is 14.3. The topological polar surface area (TPSA) is 96.3 Å². The number of nitro benzene ring substituents is 1. The van der Waals surface area contributed by atoms with Crippen LogP contribution in [0.2, 0.25) is 0 Å². The Bertz CT molecular complexity index is 988. The summed E-state index contributed by atoms with van der Waals surface area (Å²) in [5.41, 5.74) is 0.189. The monoisotopic (exact) mass is 404 g/mol. The summed E-state index contributed by atoms with van der Waals surface area (Å²) >= 11 is 5.06. The van der Waals surface area contributed by atoms with E-state index < -0.39 is 28.5 Å². The van der Waals surface area contributed by atoms with Gasteiger partial charge in [0.15, 0.2) is 5.11 Å². The maximum absolute atomic E-state index is 14.3. The minimum absolute atomic E-state index is 0.0379. The van der Waals surface area contributed by atoms with Crippen molar-refractivity contribution in [3.8, 4) is 0 Å². The van der Waals surface area contributed by atoms with Crippen LogP contribution >= 0.6 is 12.2 Å². The van der Waals surface area contributed by atoms with Crippen molar-refractivity contribution < 1.29 is 18.5 Å². The lowest BCUT2D eigenvalue weighted by atomic mass is 9.94. The first-order valence-electron chi connectivity index (χ1n) is 8.06. The second-order valence-corrected chi connectivity index (χ2v) is 6.37. The molecule has 0 aromatic heterocycles. The number of amides is 1. The van der Waals surface area contributed by atoms with E-state index in [0.717, 1.165) is 12.1 Å². The van der Waals surface area contributed by atoms with Gasteiger partial charge in [-0.2, -0.15) is 0 Å². The van der Waals surface area contributed by atoms with E-state index in [1.807, 2.05) is 0 Å². The van der Waals surface area contributed by atoms with Gasteiger partial charge in [-0.25, -0.2) is 8.78 Å². The third-order valence-corrected chi connectivity index (χ3v) is 4.36. The highest BCUT2D eigenvalue weighted by molar-refractivity contribution is 7.80. The van der Waals surface area contributed by atoms with Crippen molar-refractivity contribution in [1.29, 1.82) is 0 Å². The predicted molar refractivity (Wildman–Crippen MR) is 102 cm³/mol. The molecule has 1 unspecified atom stereocenters. The second kappa shape index (κ2) is 7.69. The zero-order valence-corrected chi connectivity index (χ0v) is 15.3. The molecular formula is C18H14F2N4O3S. The largest absolute Gasteiger partial charge is 0.351 e. The van der Waals surface area contributed by atoms with Crippen molar-refractivity contribution in [2.24, 2.45) is 0 Å². The molecule has 1 heterocycles.